The summed E-state index contributed by atoms with van der Waals surface area (Å²) < 4.78 is 32.3. The Hall–Kier alpha value is -1.44. The van der Waals surface area contributed by atoms with Crippen LogP contribution in [0.1, 0.15) is 25.0 Å². The third-order valence-electron chi connectivity index (χ3n) is 4.60. The van der Waals surface area contributed by atoms with E-state index in [9.17, 15) is 13.2 Å². The first-order chi connectivity index (χ1) is 11.4. The molecule has 3 rings (SSSR count). The molecule has 0 saturated carbocycles. The van der Waals surface area contributed by atoms with Crippen molar-refractivity contribution in [2.45, 2.75) is 31.7 Å². The second-order valence-electron chi connectivity index (χ2n) is 6.61. The van der Waals surface area contributed by atoms with Gasteiger partial charge < -0.3 is 9.64 Å². The summed E-state index contributed by atoms with van der Waals surface area (Å²) in [6, 6.07) is 5.31. The van der Waals surface area contributed by atoms with Gasteiger partial charge in [0, 0.05) is 32.1 Å². The van der Waals surface area contributed by atoms with Gasteiger partial charge in [-0.25, -0.2) is 8.42 Å². The van der Waals surface area contributed by atoms with Crippen molar-refractivity contribution in [1.82, 2.24) is 9.21 Å². The molecule has 1 amide bonds. The van der Waals surface area contributed by atoms with Crippen molar-refractivity contribution >= 4 is 15.9 Å². The molecule has 0 aliphatic carbocycles. The third kappa shape index (κ3) is 3.34. The highest BCUT2D eigenvalue weighted by atomic mass is 32.2. The van der Waals surface area contributed by atoms with Gasteiger partial charge in [-0.15, -0.1) is 0 Å². The fourth-order valence-electron chi connectivity index (χ4n) is 3.18. The fourth-order valence-corrected chi connectivity index (χ4v) is 4.64. The molecule has 0 N–H and O–H groups in total. The van der Waals surface area contributed by atoms with Gasteiger partial charge in [0.05, 0.1) is 18.1 Å². The molecule has 1 aromatic carbocycles. The summed E-state index contributed by atoms with van der Waals surface area (Å²) in [6.07, 6.45) is 0.770. The van der Waals surface area contributed by atoms with Crippen molar-refractivity contribution in [3.05, 3.63) is 29.3 Å². The number of fused-ring (bicyclic) bond motifs is 1. The molecule has 0 radical (unpaired) electrons. The van der Waals surface area contributed by atoms with Crippen LogP contribution in [0.15, 0.2) is 23.1 Å². The molecule has 7 heteroatoms. The van der Waals surface area contributed by atoms with E-state index in [1.54, 1.807) is 12.1 Å². The van der Waals surface area contributed by atoms with Crippen LogP contribution < -0.4 is 0 Å². The highest BCUT2D eigenvalue weighted by Crippen LogP contribution is 2.25. The molecular weight excluding hydrogens is 328 g/mol. The van der Waals surface area contributed by atoms with E-state index in [0.717, 1.165) is 17.5 Å². The summed E-state index contributed by atoms with van der Waals surface area (Å²) in [7, 11) is -3.50. The molecule has 24 heavy (non-hydrogen) atoms. The standard InChI is InChI=1S/C17H24N2O4S/c1-13(2)17(20)18-6-5-14-3-4-16(11-15(14)12-18)24(21,22)19-7-9-23-10-8-19/h3-4,11,13H,5-10,12H2,1-2H3. The Balaban J connectivity index is 1.86. The van der Waals surface area contributed by atoms with Crippen molar-refractivity contribution in [2.75, 3.05) is 32.8 Å². The lowest BCUT2D eigenvalue weighted by Crippen LogP contribution is -2.41. The minimum atomic E-state index is -3.50. The van der Waals surface area contributed by atoms with Gasteiger partial charge in [-0.1, -0.05) is 19.9 Å². The van der Waals surface area contributed by atoms with Crippen molar-refractivity contribution in [1.29, 1.82) is 0 Å². The van der Waals surface area contributed by atoms with Crippen LogP contribution in [-0.4, -0.2) is 56.4 Å². The van der Waals surface area contributed by atoms with Crippen LogP contribution in [0.4, 0.5) is 0 Å². The smallest absolute Gasteiger partial charge is 0.243 e. The number of hydrogen-bond acceptors (Lipinski definition) is 4. The maximum absolute atomic E-state index is 12.8. The lowest BCUT2D eigenvalue weighted by atomic mass is 9.99. The predicted molar refractivity (Wildman–Crippen MR) is 90.0 cm³/mol. The van der Waals surface area contributed by atoms with Crippen molar-refractivity contribution in [3.8, 4) is 0 Å². The minimum absolute atomic E-state index is 0.0492. The number of amides is 1. The Labute approximate surface area is 143 Å². The number of benzene rings is 1. The predicted octanol–water partition coefficient (Wildman–Crippen LogP) is 1.25. The minimum Gasteiger partial charge on any atom is -0.379 e. The second-order valence-corrected chi connectivity index (χ2v) is 8.55. The molecule has 1 aromatic rings. The van der Waals surface area contributed by atoms with Crippen LogP contribution in [0.5, 0.6) is 0 Å². The lowest BCUT2D eigenvalue weighted by Gasteiger charge is -2.31. The highest BCUT2D eigenvalue weighted by Gasteiger charge is 2.28. The van der Waals surface area contributed by atoms with E-state index in [1.165, 1.54) is 4.31 Å². The molecule has 1 fully saturated rings. The topological polar surface area (TPSA) is 66.9 Å². The lowest BCUT2D eigenvalue weighted by molar-refractivity contribution is -0.135. The number of hydrogen-bond donors (Lipinski definition) is 0. The Bertz CT molecular complexity index is 724. The molecule has 6 nitrogen and oxygen atoms in total. The van der Waals surface area contributed by atoms with Gasteiger partial charge in [-0.05, 0) is 29.7 Å². The largest absolute Gasteiger partial charge is 0.379 e. The maximum Gasteiger partial charge on any atom is 0.243 e. The number of nitrogens with zero attached hydrogens (tertiary/aromatic N) is 2. The van der Waals surface area contributed by atoms with E-state index in [4.69, 9.17) is 4.74 Å². The summed E-state index contributed by atoms with van der Waals surface area (Å²) >= 11 is 0. The summed E-state index contributed by atoms with van der Waals surface area (Å²) in [5.74, 6) is 0.0638. The Morgan fingerprint density at radius 3 is 2.50 bits per heavy atom. The quantitative estimate of drug-likeness (QED) is 0.821. The zero-order chi connectivity index (χ0) is 17.3. The number of morpholine rings is 1. The molecule has 0 atom stereocenters. The number of carbonyl (C=O) groups is 1. The van der Waals surface area contributed by atoms with E-state index >= 15 is 0 Å². The summed E-state index contributed by atoms with van der Waals surface area (Å²) in [5, 5.41) is 0. The van der Waals surface area contributed by atoms with Crippen molar-refractivity contribution in [2.24, 2.45) is 5.92 Å². The molecule has 1 saturated heterocycles. The summed E-state index contributed by atoms with van der Waals surface area (Å²) in [5.41, 5.74) is 2.06. The van der Waals surface area contributed by atoms with Gasteiger partial charge in [0.2, 0.25) is 15.9 Å². The van der Waals surface area contributed by atoms with Crippen LogP contribution >= 0.6 is 0 Å². The average molecular weight is 352 g/mol. The van der Waals surface area contributed by atoms with Crippen LogP contribution in [0.2, 0.25) is 0 Å². The summed E-state index contributed by atoms with van der Waals surface area (Å²) in [6.45, 7) is 6.59. The molecule has 2 aliphatic heterocycles. The Morgan fingerprint density at radius 2 is 1.83 bits per heavy atom. The number of rotatable bonds is 3. The number of carbonyl (C=O) groups excluding carboxylic acids is 1. The molecule has 0 aromatic heterocycles. The average Bonchev–Trinajstić information content (AvgIpc) is 2.60. The van der Waals surface area contributed by atoms with Crippen LogP contribution in [0.25, 0.3) is 0 Å². The Kier molecular flexibility index (Phi) is 4.94. The normalized spacial score (nSPS) is 19.4. The third-order valence-corrected chi connectivity index (χ3v) is 6.50. The Morgan fingerprint density at radius 1 is 1.12 bits per heavy atom. The van der Waals surface area contributed by atoms with E-state index in [1.807, 2.05) is 24.8 Å². The van der Waals surface area contributed by atoms with Gasteiger partial charge in [-0.2, -0.15) is 4.31 Å². The van der Waals surface area contributed by atoms with Gasteiger partial charge in [-0.3, -0.25) is 4.79 Å². The van der Waals surface area contributed by atoms with E-state index in [0.29, 0.717) is 44.3 Å². The highest BCUT2D eigenvalue weighted by molar-refractivity contribution is 7.89. The first-order valence-electron chi connectivity index (χ1n) is 8.38. The molecule has 132 valence electrons. The molecule has 0 unspecified atom stereocenters. The number of ether oxygens (including phenoxy) is 1. The van der Waals surface area contributed by atoms with Gasteiger partial charge in [0.15, 0.2) is 0 Å². The second kappa shape index (κ2) is 6.82. The monoisotopic (exact) mass is 352 g/mol. The van der Waals surface area contributed by atoms with Gasteiger partial charge in [0.25, 0.3) is 0 Å². The molecule has 0 spiro atoms. The first-order valence-corrected chi connectivity index (χ1v) is 9.82. The SMILES string of the molecule is CC(C)C(=O)N1CCc2ccc(S(=O)(=O)N3CCOCC3)cc2C1. The van der Waals surface area contributed by atoms with Gasteiger partial charge >= 0.3 is 0 Å². The zero-order valence-electron chi connectivity index (χ0n) is 14.2. The van der Waals surface area contributed by atoms with Crippen molar-refractivity contribution < 1.29 is 17.9 Å². The summed E-state index contributed by atoms with van der Waals surface area (Å²) in [4.78, 5) is 14.3. The maximum atomic E-state index is 12.8. The molecule has 2 aliphatic rings. The molecule has 2 heterocycles. The van der Waals surface area contributed by atoms with E-state index in [2.05, 4.69) is 0 Å². The number of sulfonamides is 1. The fraction of sp³-hybridized carbons (Fsp3) is 0.588. The van der Waals surface area contributed by atoms with Crippen LogP contribution in [0, 0.1) is 5.92 Å². The molecule has 0 bridgehead atoms. The van der Waals surface area contributed by atoms with Crippen LogP contribution in [0.3, 0.4) is 0 Å². The van der Waals surface area contributed by atoms with E-state index < -0.39 is 10.0 Å². The van der Waals surface area contributed by atoms with E-state index in [-0.39, 0.29) is 11.8 Å². The van der Waals surface area contributed by atoms with Gasteiger partial charge in [0.1, 0.15) is 0 Å². The van der Waals surface area contributed by atoms with Crippen molar-refractivity contribution in [3.63, 3.8) is 0 Å². The first kappa shape index (κ1) is 17.4. The zero-order valence-corrected chi connectivity index (χ0v) is 15.0. The molecular formula is C17H24N2O4S. The van der Waals surface area contributed by atoms with Crippen LogP contribution in [-0.2, 0) is 32.5 Å².